The molecule has 7 nitrogen and oxygen atoms in total. The van der Waals surface area contributed by atoms with Gasteiger partial charge in [0.15, 0.2) is 11.4 Å². The number of benzene rings is 1. The lowest BCUT2D eigenvalue weighted by Gasteiger charge is -2.66. The number of aromatic amines is 1. The summed E-state index contributed by atoms with van der Waals surface area (Å²) in [4.78, 5) is 17.7. The number of hydrogen-bond donors (Lipinski definition) is 3. The summed E-state index contributed by atoms with van der Waals surface area (Å²) in [5, 5.41) is 25.8. The van der Waals surface area contributed by atoms with Gasteiger partial charge in [-0.1, -0.05) is 27.4 Å². The molecule has 0 bridgehead atoms. The second-order valence-corrected chi connectivity index (χ2v) is 17.0. The molecule has 8 aliphatic rings. The first-order chi connectivity index (χ1) is 20.7. The van der Waals surface area contributed by atoms with Gasteiger partial charge in [-0.2, -0.15) is 0 Å². The highest BCUT2D eigenvalue weighted by Gasteiger charge is 2.86. The Morgan fingerprint density at radius 2 is 1.84 bits per heavy atom. The van der Waals surface area contributed by atoms with Gasteiger partial charge in [-0.25, -0.2) is 0 Å². The second kappa shape index (κ2) is 7.57. The maximum absolute atomic E-state index is 13.8. The highest BCUT2D eigenvalue weighted by Crippen LogP contribution is 2.77. The first-order valence-electron chi connectivity index (χ1n) is 17.0. The van der Waals surface area contributed by atoms with Crippen molar-refractivity contribution in [1.82, 2.24) is 4.98 Å². The molecule has 44 heavy (non-hydrogen) atoms. The number of carbonyl (C=O) groups is 1. The van der Waals surface area contributed by atoms with Gasteiger partial charge in [0.25, 0.3) is 0 Å². The van der Waals surface area contributed by atoms with Gasteiger partial charge >= 0.3 is 0 Å². The van der Waals surface area contributed by atoms with E-state index in [1.165, 1.54) is 16.5 Å². The fourth-order valence-electron chi connectivity index (χ4n) is 12.9. The summed E-state index contributed by atoms with van der Waals surface area (Å²) in [7, 11) is 0. The van der Waals surface area contributed by atoms with E-state index in [1.807, 2.05) is 6.92 Å². The van der Waals surface area contributed by atoms with E-state index in [2.05, 4.69) is 58.3 Å². The SMILES string of the molecule is C=C(C)[C@H]1O[C@H]2CC[C@]3(C)[C@@]4(C)c5[nH]c6ccc7c8c6c5[C@@H](OC(C)(C)[C@H]5C[C@H](C(C)C7=O)[C@H]85)[C@@H]4CC[C@@]3(O)C23O[C@@H]3[C@H]1O. The van der Waals surface area contributed by atoms with Crippen LogP contribution in [0.2, 0.25) is 0 Å². The summed E-state index contributed by atoms with van der Waals surface area (Å²) in [5.41, 5.74) is 2.91. The van der Waals surface area contributed by atoms with Crippen molar-refractivity contribution in [2.24, 2.45) is 29.1 Å². The van der Waals surface area contributed by atoms with Crippen molar-refractivity contribution in [3.05, 3.63) is 46.7 Å². The minimum absolute atomic E-state index is 0.0340. The lowest BCUT2D eigenvalue weighted by atomic mass is 9.40. The summed E-state index contributed by atoms with van der Waals surface area (Å²) in [6, 6.07) is 4.19. The smallest absolute Gasteiger partial charge is 0.166 e. The Bertz CT molecular complexity index is 1730. The molecule has 5 fully saturated rings. The second-order valence-electron chi connectivity index (χ2n) is 17.0. The van der Waals surface area contributed by atoms with E-state index in [0.717, 1.165) is 48.0 Å². The van der Waals surface area contributed by atoms with Crippen LogP contribution in [0.5, 0.6) is 0 Å². The van der Waals surface area contributed by atoms with E-state index in [-0.39, 0.29) is 35.4 Å². The molecule has 2 saturated heterocycles. The number of hydrogen-bond acceptors (Lipinski definition) is 6. The number of aliphatic hydroxyl groups excluding tert-OH is 1. The number of carbonyl (C=O) groups excluding carboxylic acids is 1. The molecule has 7 heteroatoms. The molecule has 0 radical (unpaired) electrons. The zero-order chi connectivity index (χ0) is 30.7. The maximum Gasteiger partial charge on any atom is 0.166 e. The quantitative estimate of drug-likeness (QED) is 0.290. The molecule has 3 aliphatic heterocycles. The van der Waals surface area contributed by atoms with Crippen LogP contribution in [0.3, 0.4) is 0 Å². The van der Waals surface area contributed by atoms with Crippen molar-refractivity contribution in [3.63, 3.8) is 0 Å². The van der Waals surface area contributed by atoms with Crippen molar-refractivity contribution < 1.29 is 29.2 Å². The fraction of sp³-hybridized carbons (Fsp3) is 0.703. The third kappa shape index (κ3) is 2.50. The van der Waals surface area contributed by atoms with Gasteiger partial charge in [-0.05, 0) is 93.9 Å². The minimum atomic E-state index is -1.20. The summed E-state index contributed by atoms with van der Waals surface area (Å²) >= 11 is 0. The number of aromatic nitrogens is 1. The number of rotatable bonds is 1. The standard InChI is InChI=1S/C37H45NO6/c1-15(2)29-28(40)32-37(44-32)22(42-29)11-12-34(6)35(7)19(10-13-36(34,37)41)30-26-25-21(38-31(26)35)9-8-17-24(25)23-18(16(3)27(17)39)14-20(23)33(4,5)43-30/h8-9,16,18-20,22-23,28-30,32,38,40-41H,1,10-14H2,2-7H3/t16?,18-,19+,20+,22+,23+,28+,29-,30+,32-,34-,35-,36+,37?/m1/s1. The van der Waals surface area contributed by atoms with Gasteiger partial charge in [0.1, 0.15) is 23.9 Å². The molecule has 2 unspecified atom stereocenters. The molecule has 5 aliphatic carbocycles. The number of Topliss-reactive ketones (excluding diaryl/α,β-unsaturated/α-hetero) is 1. The molecule has 1 aromatic carbocycles. The third-order valence-electron chi connectivity index (χ3n) is 15.4. The highest BCUT2D eigenvalue weighted by atomic mass is 16.7. The Kier molecular flexibility index (Phi) is 4.67. The van der Waals surface area contributed by atoms with E-state index >= 15 is 0 Å². The summed E-state index contributed by atoms with van der Waals surface area (Å²) in [6.45, 7) is 17.3. The predicted molar refractivity (Wildman–Crippen MR) is 163 cm³/mol. The third-order valence-corrected chi connectivity index (χ3v) is 15.4. The predicted octanol–water partition coefficient (Wildman–Crippen LogP) is 5.62. The Balaban J connectivity index is 1.19. The Morgan fingerprint density at radius 1 is 1.07 bits per heavy atom. The number of H-pyrrole nitrogens is 1. The van der Waals surface area contributed by atoms with Gasteiger partial charge in [0.05, 0.1) is 17.8 Å². The maximum atomic E-state index is 13.8. The van der Waals surface area contributed by atoms with Crippen molar-refractivity contribution in [2.75, 3.05) is 0 Å². The van der Waals surface area contributed by atoms with Crippen LogP contribution in [0.1, 0.15) is 113 Å². The first kappa shape index (κ1) is 27.1. The van der Waals surface area contributed by atoms with Crippen LogP contribution < -0.4 is 0 Å². The minimum Gasteiger partial charge on any atom is -0.387 e. The summed E-state index contributed by atoms with van der Waals surface area (Å²) in [6.07, 6.45) is 1.65. The topological polar surface area (TPSA) is 104 Å². The largest absolute Gasteiger partial charge is 0.387 e. The molecule has 3 saturated carbocycles. The van der Waals surface area contributed by atoms with Crippen LogP contribution in [0.4, 0.5) is 0 Å². The lowest BCUT2D eigenvalue weighted by molar-refractivity contribution is -0.275. The van der Waals surface area contributed by atoms with Gasteiger partial charge in [-0.15, -0.1) is 0 Å². The zero-order valence-electron chi connectivity index (χ0n) is 26.7. The van der Waals surface area contributed by atoms with Crippen LogP contribution in [0, 0.1) is 29.1 Å². The van der Waals surface area contributed by atoms with E-state index in [9.17, 15) is 15.0 Å². The van der Waals surface area contributed by atoms with Crippen LogP contribution in [0.25, 0.3) is 10.9 Å². The molecule has 1 aromatic heterocycles. The van der Waals surface area contributed by atoms with Crippen molar-refractivity contribution in [3.8, 4) is 0 Å². The van der Waals surface area contributed by atoms with Crippen LogP contribution in [-0.2, 0) is 19.6 Å². The van der Waals surface area contributed by atoms with Gasteiger partial charge < -0.3 is 29.4 Å². The van der Waals surface area contributed by atoms with Crippen LogP contribution in [0.15, 0.2) is 24.3 Å². The van der Waals surface area contributed by atoms with E-state index in [4.69, 9.17) is 14.2 Å². The lowest BCUT2D eigenvalue weighted by Crippen LogP contribution is -2.76. The molecule has 2 aromatic rings. The Labute approximate surface area is 258 Å². The number of fused-ring (bicyclic) bond motifs is 5. The summed E-state index contributed by atoms with van der Waals surface area (Å²) < 4.78 is 20.4. The number of aliphatic hydroxyl groups is 2. The number of nitrogens with one attached hydrogen (secondary N) is 1. The van der Waals surface area contributed by atoms with E-state index < -0.39 is 40.3 Å². The van der Waals surface area contributed by atoms with Crippen LogP contribution >= 0.6 is 0 Å². The van der Waals surface area contributed by atoms with E-state index in [0.29, 0.717) is 24.2 Å². The average Bonchev–Trinajstić information content (AvgIpc) is 3.53. The monoisotopic (exact) mass is 599 g/mol. The number of epoxide rings is 1. The molecule has 1 spiro atoms. The van der Waals surface area contributed by atoms with Gasteiger partial charge in [0.2, 0.25) is 0 Å². The van der Waals surface area contributed by atoms with Gasteiger partial charge in [-0.3, -0.25) is 4.79 Å². The molecule has 10 rings (SSSR count). The molecule has 14 atom stereocenters. The molecule has 0 amide bonds. The average molecular weight is 600 g/mol. The fourth-order valence-corrected chi connectivity index (χ4v) is 12.9. The summed E-state index contributed by atoms with van der Waals surface area (Å²) in [5.74, 6) is 1.51. The number of ether oxygens (including phenoxy) is 3. The van der Waals surface area contributed by atoms with Crippen LogP contribution in [-0.4, -0.2) is 62.2 Å². The zero-order valence-corrected chi connectivity index (χ0v) is 26.7. The van der Waals surface area contributed by atoms with Crippen molar-refractivity contribution in [1.29, 1.82) is 0 Å². The normalized spacial score (nSPS) is 53.4. The Hall–Kier alpha value is -2.03. The number of ketones is 1. The van der Waals surface area contributed by atoms with E-state index in [1.54, 1.807) is 0 Å². The van der Waals surface area contributed by atoms with Gasteiger partial charge in [0, 0.05) is 50.4 Å². The van der Waals surface area contributed by atoms with Crippen molar-refractivity contribution >= 4 is 16.7 Å². The molecule has 234 valence electrons. The Morgan fingerprint density at radius 3 is 2.59 bits per heavy atom. The molecular weight excluding hydrogens is 554 g/mol. The first-order valence-corrected chi connectivity index (χ1v) is 17.0. The molecule has 4 heterocycles. The van der Waals surface area contributed by atoms with Crippen molar-refractivity contribution in [2.45, 2.75) is 132 Å². The molecular formula is C37H45NO6. The highest BCUT2D eigenvalue weighted by molar-refractivity contribution is 6.07. The molecule has 3 N–H and O–H groups in total.